The van der Waals surface area contributed by atoms with Crippen molar-refractivity contribution < 1.29 is 31.7 Å². The number of piperidine rings is 1. The largest absolute Gasteiger partial charge is 0.418 e. The Hall–Kier alpha value is -2.35. The van der Waals surface area contributed by atoms with Gasteiger partial charge in [0.25, 0.3) is 0 Å². The molecule has 3 heterocycles. The maximum absolute atomic E-state index is 12.4. The van der Waals surface area contributed by atoms with E-state index in [1.165, 1.54) is 11.0 Å². The zero-order valence-corrected chi connectivity index (χ0v) is 14.4. The molecule has 0 aromatic carbocycles. The van der Waals surface area contributed by atoms with Gasteiger partial charge >= 0.3 is 16.4 Å². The molecule has 2 bridgehead atoms. The van der Waals surface area contributed by atoms with E-state index < -0.39 is 34.6 Å². The lowest BCUT2D eigenvalue weighted by molar-refractivity contribution is -0.0317. The molecule has 2 saturated heterocycles. The molecule has 2 aliphatic rings. The molecule has 3 atom stereocenters. The predicted molar refractivity (Wildman–Crippen MR) is 85.1 cm³/mol. The van der Waals surface area contributed by atoms with Crippen molar-refractivity contribution in [1.29, 1.82) is 0 Å². The van der Waals surface area contributed by atoms with E-state index in [-0.39, 0.29) is 24.7 Å². The number of rotatable bonds is 7. The second kappa shape index (κ2) is 6.75. The normalized spacial score (nSPS) is 24.0. The molecule has 0 spiro atoms. The van der Waals surface area contributed by atoms with Crippen molar-refractivity contribution in [3.05, 3.63) is 29.9 Å². The minimum absolute atomic E-state index is 0.0787. The summed E-state index contributed by atoms with van der Waals surface area (Å²) in [5.41, 5.74) is 5.79. The average Bonchev–Trinajstić information content (AvgIpc) is 3.12. The van der Waals surface area contributed by atoms with Crippen LogP contribution in [0.25, 0.3) is 0 Å². The van der Waals surface area contributed by atoms with Gasteiger partial charge in [-0.25, -0.2) is 4.79 Å². The molecule has 26 heavy (non-hydrogen) atoms. The van der Waals surface area contributed by atoms with Gasteiger partial charge in [0.15, 0.2) is 5.76 Å². The number of carbonyl (C=O) groups excluding carboxylic acids is 1. The molecule has 3 rings (SSSR count). The van der Waals surface area contributed by atoms with Crippen molar-refractivity contribution in [2.24, 2.45) is 5.73 Å². The maximum atomic E-state index is 12.4. The Labute approximate surface area is 149 Å². The van der Waals surface area contributed by atoms with E-state index in [9.17, 15) is 18.3 Å². The Balaban J connectivity index is 1.72. The van der Waals surface area contributed by atoms with Crippen LogP contribution < -0.4 is 11.1 Å². The quantitative estimate of drug-likeness (QED) is 0.441. The summed E-state index contributed by atoms with van der Waals surface area (Å²) in [7, 11) is -4.79. The van der Waals surface area contributed by atoms with Crippen LogP contribution in [0.4, 0.5) is 4.79 Å². The number of nitrogens with two attached hydrogens (primary N) is 1. The first-order valence-electron chi connectivity index (χ1n) is 7.75. The van der Waals surface area contributed by atoms with Gasteiger partial charge in [-0.1, -0.05) is 11.7 Å². The fraction of sp³-hybridized carbons (Fsp3) is 0.538. The van der Waals surface area contributed by atoms with Gasteiger partial charge in [-0.2, -0.15) is 13.5 Å². The average molecular weight is 389 g/mol. The third-order valence-corrected chi connectivity index (χ3v) is 4.59. The van der Waals surface area contributed by atoms with E-state index in [1.54, 1.807) is 0 Å². The number of amides is 2. The topological polar surface area (TPSA) is 171 Å². The number of hydroxylamine groups is 2. The van der Waals surface area contributed by atoms with Gasteiger partial charge in [0.2, 0.25) is 0 Å². The first kappa shape index (κ1) is 18.4. The van der Waals surface area contributed by atoms with Crippen LogP contribution in [-0.4, -0.2) is 58.4 Å². The number of hydrogen-bond donors (Lipinski definition) is 4. The van der Waals surface area contributed by atoms with Gasteiger partial charge < -0.3 is 25.6 Å². The Morgan fingerprint density at radius 3 is 2.96 bits per heavy atom. The summed E-state index contributed by atoms with van der Waals surface area (Å²) in [5, 5.41) is 17.3. The highest BCUT2D eigenvalue weighted by Gasteiger charge is 2.48. The van der Waals surface area contributed by atoms with Gasteiger partial charge in [0.05, 0.1) is 17.9 Å². The van der Waals surface area contributed by atoms with E-state index >= 15 is 0 Å². The van der Waals surface area contributed by atoms with E-state index in [2.05, 4.69) is 21.3 Å². The van der Waals surface area contributed by atoms with Crippen molar-refractivity contribution in [3.8, 4) is 0 Å². The standard InChI is InChI=1S/C13H19N5O7S/c1-7(14)15-5-11(19)12-4-9(16-24-12)10-3-2-8-6-17(10)13(20)18(8)25-26(21,22)23/h4,8,10-11,15,19H,1-3,5-6,14H2,(H,21,22,23)/t8-,10-,11+/m0/s1. The second-order valence-electron chi connectivity index (χ2n) is 6.09. The van der Waals surface area contributed by atoms with Crippen LogP contribution in [0, 0.1) is 0 Å². The van der Waals surface area contributed by atoms with Crippen molar-refractivity contribution in [2.75, 3.05) is 13.1 Å². The predicted octanol–water partition coefficient (Wildman–Crippen LogP) is -0.597. The number of hydrogen-bond acceptors (Lipinski definition) is 9. The molecule has 0 radical (unpaired) electrons. The van der Waals surface area contributed by atoms with Crippen molar-refractivity contribution in [2.45, 2.75) is 31.0 Å². The summed E-state index contributed by atoms with van der Waals surface area (Å²) in [4.78, 5) is 13.8. The molecule has 1 aromatic heterocycles. The molecule has 2 amide bonds. The van der Waals surface area contributed by atoms with Crippen molar-refractivity contribution in [1.82, 2.24) is 20.4 Å². The summed E-state index contributed by atoms with van der Waals surface area (Å²) in [5.74, 6) is 0.386. The lowest BCUT2D eigenvalue weighted by Gasteiger charge is -2.28. The molecule has 2 fully saturated rings. The summed E-state index contributed by atoms with van der Waals surface area (Å²) in [6.07, 6.45) is -0.0785. The SMILES string of the molecule is C=C(N)NC[C@@H](O)c1cc([C@@H]2CC[C@H]3CN2C(=O)N3OS(=O)(=O)O)no1. The van der Waals surface area contributed by atoms with Gasteiger partial charge in [0.1, 0.15) is 11.8 Å². The molecular formula is C13H19N5O7S. The van der Waals surface area contributed by atoms with E-state index in [4.69, 9.17) is 14.8 Å². The number of aromatic nitrogens is 1. The number of nitrogens with one attached hydrogen (secondary N) is 1. The third kappa shape index (κ3) is 3.75. The van der Waals surface area contributed by atoms with E-state index in [0.29, 0.717) is 23.6 Å². The number of aliphatic hydroxyl groups is 1. The number of carbonyl (C=O) groups is 1. The van der Waals surface area contributed by atoms with Crippen molar-refractivity contribution >= 4 is 16.4 Å². The lowest BCUT2D eigenvalue weighted by Crippen LogP contribution is -2.35. The molecule has 1 aromatic rings. The smallest absolute Gasteiger partial charge is 0.386 e. The third-order valence-electron chi connectivity index (χ3n) is 4.24. The maximum Gasteiger partial charge on any atom is 0.418 e. The van der Waals surface area contributed by atoms with Crippen LogP contribution in [0.15, 0.2) is 23.0 Å². The first-order chi connectivity index (χ1) is 12.2. The molecule has 13 heteroatoms. The molecule has 0 aliphatic carbocycles. The zero-order valence-electron chi connectivity index (χ0n) is 13.6. The first-order valence-corrected chi connectivity index (χ1v) is 9.12. The Bertz CT molecular complexity index is 810. The van der Waals surface area contributed by atoms with Crippen LogP contribution in [-0.2, 0) is 14.7 Å². The molecule has 2 aliphatic heterocycles. The van der Waals surface area contributed by atoms with Gasteiger partial charge in [-0.05, 0) is 12.8 Å². The summed E-state index contributed by atoms with van der Waals surface area (Å²) in [6.45, 7) is 3.75. The highest BCUT2D eigenvalue weighted by Crippen LogP contribution is 2.38. The summed E-state index contributed by atoms with van der Waals surface area (Å²) in [6, 6.07) is -0.120. The van der Waals surface area contributed by atoms with Gasteiger partial charge in [0, 0.05) is 19.2 Å². The highest BCUT2D eigenvalue weighted by molar-refractivity contribution is 7.80. The monoisotopic (exact) mass is 389 g/mol. The lowest BCUT2D eigenvalue weighted by atomic mass is 9.98. The minimum atomic E-state index is -4.79. The Morgan fingerprint density at radius 1 is 1.58 bits per heavy atom. The van der Waals surface area contributed by atoms with Crippen LogP contribution in [0.1, 0.15) is 36.4 Å². The Kier molecular flexibility index (Phi) is 4.79. The van der Waals surface area contributed by atoms with Crippen LogP contribution in [0.3, 0.4) is 0 Å². The summed E-state index contributed by atoms with van der Waals surface area (Å²) >= 11 is 0. The number of nitrogens with zero attached hydrogens (tertiary/aromatic N) is 3. The fourth-order valence-electron chi connectivity index (χ4n) is 3.09. The van der Waals surface area contributed by atoms with Crippen LogP contribution in [0.5, 0.6) is 0 Å². The fourth-order valence-corrected chi connectivity index (χ4v) is 3.47. The molecule has 0 unspecified atom stereocenters. The van der Waals surface area contributed by atoms with E-state index in [0.717, 1.165) is 0 Å². The molecule has 0 saturated carbocycles. The van der Waals surface area contributed by atoms with Crippen LogP contribution in [0.2, 0.25) is 0 Å². The zero-order chi connectivity index (χ0) is 19.1. The molecule has 144 valence electrons. The molecular weight excluding hydrogens is 370 g/mol. The number of fused-ring (bicyclic) bond motifs is 2. The second-order valence-corrected chi connectivity index (χ2v) is 7.09. The molecule has 12 nitrogen and oxygen atoms in total. The van der Waals surface area contributed by atoms with Gasteiger partial charge in [-0.15, -0.1) is 4.28 Å². The minimum Gasteiger partial charge on any atom is -0.386 e. The van der Waals surface area contributed by atoms with Crippen LogP contribution >= 0.6 is 0 Å². The van der Waals surface area contributed by atoms with E-state index in [1.807, 2.05) is 0 Å². The highest BCUT2D eigenvalue weighted by atomic mass is 32.3. The number of aliphatic hydroxyl groups excluding tert-OH is 1. The summed E-state index contributed by atoms with van der Waals surface area (Å²) < 4.78 is 40.1. The Morgan fingerprint density at radius 2 is 2.31 bits per heavy atom. The number of urea groups is 1. The van der Waals surface area contributed by atoms with Crippen molar-refractivity contribution in [3.63, 3.8) is 0 Å². The molecule has 5 N–H and O–H groups in total. The van der Waals surface area contributed by atoms with Gasteiger partial charge in [-0.3, -0.25) is 4.55 Å².